The Morgan fingerprint density at radius 3 is 1.54 bits per heavy atom. The van der Waals surface area contributed by atoms with Crippen molar-refractivity contribution >= 4 is 0 Å². The zero-order valence-corrected chi connectivity index (χ0v) is 9.80. The van der Waals surface area contributed by atoms with Gasteiger partial charge in [0, 0.05) is 0 Å². The van der Waals surface area contributed by atoms with Crippen LogP contribution in [0.25, 0.3) is 0 Å². The predicted molar refractivity (Wildman–Crippen MR) is 57.5 cm³/mol. The van der Waals surface area contributed by atoms with E-state index in [0.717, 1.165) is 29.6 Å². The molecular weight excluding hydrogens is 156 g/mol. The minimum Gasteiger partial charge on any atom is -0.0622 e. The van der Waals surface area contributed by atoms with E-state index in [1.165, 1.54) is 12.8 Å². The van der Waals surface area contributed by atoms with E-state index < -0.39 is 0 Å². The molecule has 0 aromatic carbocycles. The van der Waals surface area contributed by atoms with Gasteiger partial charge in [-0.1, -0.05) is 34.6 Å². The standard InChI is InChI=1S/C13H24/c1-8-6-10(3)13(5)11(4)7-9(2)12(8)13/h8-12H,6-7H2,1-5H3. The molecule has 0 heterocycles. The Morgan fingerprint density at radius 1 is 0.846 bits per heavy atom. The van der Waals surface area contributed by atoms with E-state index in [2.05, 4.69) is 34.6 Å². The number of hydrogen-bond acceptors (Lipinski definition) is 0. The first kappa shape index (κ1) is 9.55. The Balaban J connectivity index is 2.34. The van der Waals surface area contributed by atoms with Crippen molar-refractivity contribution in [1.29, 1.82) is 0 Å². The summed E-state index contributed by atoms with van der Waals surface area (Å²) in [6.07, 6.45) is 2.94. The van der Waals surface area contributed by atoms with Crippen molar-refractivity contribution in [3.05, 3.63) is 0 Å². The SMILES string of the molecule is CC1CC(C)C2(C)C(C)CC(C)C12. The number of rotatable bonds is 0. The maximum atomic E-state index is 2.56. The highest BCUT2D eigenvalue weighted by Crippen LogP contribution is 2.63. The first-order valence-corrected chi connectivity index (χ1v) is 5.98. The molecule has 4 atom stereocenters. The van der Waals surface area contributed by atoms with Gasteiger partial charge < -0.3 is 0 Å². The maximum absolute atomic E-state index is 2.56. The smallest absolute Gasteiger partial charge is 0.0241 e. The van der Waals surface area contributed by atoms with Crippen LogP contribution in [0, 0.1) is 35.0 Å². The molecule has 0 aromatic rings. The van der Waals surface area contributed by atoms with Gasteiger partial charge in [0.05, 0.1) is 0 Å². The topological polar surface area (TPSA) is 0 Å². The van der Waals surface area contributed by atoms with Crippen LogP contribution in [0.1, 0.15) is 47.5 Å². The van der Waals surface area contributed by atoms with Gasteiger partial charge in [0.1, 0.15) is 0 Å². The molecular formula is C13H24. The Hall–Kier alpha value is 0. The predicted octanol–water partition coefficient (Wildman–Crippen LogP) is 3.96. The van der Waals surface area contributed by atoms with Gasteiger partial charge in [-0.15, -0.1) is 0 Å². The van der Waals surface area contributed by atoms with Gasteiger partial charge in [0.2, 0.25) is 0 Å². The number of hydrogen-bond donors (Lipinski definition) is 0. The fourth-order valence-corrected chi connectivity index (χ4v) is 4.85. The minimum atomic E-state index is 0.666. The highest BCUT2D eigenvalue weighted by molar-refractivity contribution is 5.05. The molecule has 2 fully saturated rings. The monoisotopic (exact) mass is 180 g/mol. The Morgan fingerprint density at radius 2 is 1.23 bits per heavy atom. The molecule has 0 amide bonds. The van der Waals surface area contributed by atoms with Crippen LogP contribution >= 0.6 is 0 Å². The normalized spacial score (nSPS) is 61.2. The fourth-order valence-electron chi connectivity index (χ4n) is 4.85. The van der Waals surface area contributed by atoms with Crippen LogP contribution in [0.2, 0.25) is 0 Å². The van der Waals surface area contributed by atoms with Crippen molar-refractivity contribution in [3.8, 4) is 0 Å². The zero-order valence-electron chi connectivity index (χ0n) is 9.80. The molecule has 2 saturated carbocycles. The third-order valence-corrected chi connectivity index (χ3v) is 5.52. The first-order valence-electron chi connectivity index (χ1n) is 5.98. The molecule has 2 aliphatic rings. The molecule has 0 saturated heterocycles. The Labute approximate surface area is 83.1 Å². The van der Waals surface area contributed by atoms with Crippen LogP contribution in [0.5, 0.6) is 0 Å². The second-order valence-electron chi connectivity index (χ2n) is 6.12. The second-order valence-corrected chi connectivity index (χ2v) is 6.12. The molecule has 76 valence electrons. The zero-order chi connectivity index (χ0) is 9.80. The summed E-state index contributed by atoms with van der Waals surface area (Å²) >= 11 is 0. The van der Waals surface area contributed by atoms with E-state index in [4.69, 9.17) is 0 Å². The summed E-state index contributed by atoms with van der Waals surface area (Å²) in [6, 6.07) is 0. The summed E-state index contributed by atoms with van der Waals surface area (Å²) in [6.45, 7) is 12.5. The second kappa shape index (κ2) is 2.74. The lowest BCUT2D eigenvalue weighted by Gasteiger charge is -2.35. The van der Waals surface area contributed by atoms with Crippen LogP contribution in [-0.4, -0.2) is 0 Å². The summed E-state index contributed by atoms with van der Waals surface area (Å²) in [5.74, 6) is 4.86. The molecule has 2 rings (SSSR count). The third kappa shape index (κ3) is 1.04. The van der Waals surface area contributed by atoms with Crippen LogP contribution < -0.4 is 0 Å². The summed E-state index contributed by atoms with van der Waals surface area (Å²) in [5, 5.41) is 0. The maximum Gasteiger partial charge on any atom is -0.0241 e. The molecule has 4 unspecified atom stereocenters. The molecule has 0 nitrogen and oxygen atoms in total. The first-order chi connectivity index (χ1) is 5.98. The highest BCUT2D eigenvalue weighted by atomic mass is 14.6. The van der Waals surface area contributed by atoms with Crippen molar-refractivity contribution in [3.63, 3.8) is 0 Å². The van der Waals surface area contributed by atoms with Crippen LogP contribution in [0.4, 0.5) is 0 Å². The van der Waals surface area contributed by atoms with Gasteiger partial charge in [0.15, 0.2) is 0 Å². The van der Waals surface area contributed by atoms with E-state index in [1.807, 2.05) is 0 Å². The Kier molecular flexibility index (Phi) is 2.02. The van der Waals surface area contributed by atoms with E-state index >= 15 is 0 Å². The molecule has 0 spiro atoms. The van der Waals surface area contributed by atoms with Crippen molar-refractivity contribution in [2.24, 2.45) is 35.0 Å². The quantitative estimate of drug-likeness (QED) is 0.529. The molecule has 0 bridgehead atoms. The van der Waals surface area contributed by atoms with Crippen molar-refractivity contribution < 1.29 is 0 Å². The molecule has 0 aliphatic heterocycles. The van der Waals surface area contributed by atoms with E-state index in [9.17, 15) is 0 Å². The van der Waals surface area contributed by atoms with Gasteiger partial charge in [-0.25, -0.2) is 0 Å². The lowest BCUT2D eigenvalue weighted by molar-refractivity contribution is 0.127. The molecule has 0 radical (unpaired) electrons. The largest absolute Gasteiger partial charge is 0.0622 e. The van der Waals surface area contributed by atoms with Crippen molar-refractivity contribution in [1.82, 2.24) is 0 Å². The number of fused-ring (bicyclic) bond motifs is 1. The summed E-state index contributed by atoms with van der Waals surface area (Å²) in [4.78, 5) is 0. The lowest BCUT2D eigenvalue weighted by atomic mass is 9.70. The average molecular weight is 180 g/mol. The molecule has 0 N–H and O–H groups in total. The fraction of sp³-hybridized carbons (Fsp3) is 1.00. The van der Waals surface area contributed by atoms with Crippen molar-refractivity contribution in [2.45, 2.75) is 47.5 Å². The van der Waals surface area contributed by atoms with Gasteiger partial charge in [-0.05, 0) is 47.8 Å². The third-order valence-electron chi connectivity index (χ3n) is 5.52. The minimum absolute atomic E-state index is 0.666. The van der Waals surface area contributed by atoms with Gasteiger partial charge in [0.25, 0.3) is 0 Å². The lowest BCUT2D eigenvalue weighted by Crippen LogP contribution is -2.30. The summed E-state index contributed by atoms with van der Waals surface area (Å²) < 4.78 is 0. The van der Waals surface area contributed by atoms with Gasteiger partial charge in [-0.3, -0.25) is 0 Å². The van der Waals surface area contributed by atoms with Gasteiger partial charge in [-0.2, -0.15) is 0 Å². The van der Waals surface area contributed by atoms with E-state index in [1.54, 1.807) is 0 Å². The van der Waals surface area contributed by atoms with Crippen LogP contribution in [0.3, 0.4) is 0 Å². The average Bonchev–Trinajstić information content (AvgIpc) is 2.36. The van der Waals surface area contributed by atoms with Crippen LogP contribution in [0.15, 0.2) is 0 Å². The summed E-state index contributed by atoms with van der Waals surface area (Å²) in [5.41, 5.74) is 0.666. The van der Waals surface area contributed by atoms with E-state index in [0.29, 0.717) is 5.41 Å². The van der Waals surface area contributed by atoms with Gasteiger partial charge >= 0.3 is 0 Å². The molecule has 13 heavy (non-hydrogen) atoms. The highest BCUT2D eigenvalue weighted by Gasteiger charge is 2.57. The molecule has 0 aromatic heterocycles. The summed E-state index contributed by atoms with van der Waals surface area (Å²) in [7, 11) is 0. The molecule has 2 aliphatic carbocycles. The van der Waals surface area contributed by atoms with Crippen LogP contribution in [-0.2, 0) is 0 Å². The van der Waals surface area contributed by atoms with Crippen molar-refractivity contribution in [2.75, 3.05) is 0 Å². The molecule has 0 heteroatoms. The van der Waals surface area contributed by atoms with E-state index in [-0.39, 0.29) is 0 Å². The Bertz CT molecular complexity index is 188.